The third-order valence-electron chi connectivity index (χ3n) is 1.72. The number of rotatable bonds is 3. The van der Waals surface area contributed by atoms with Crippen molar-refractivity contribution in [2.75, 3.05) is 12.3 Å². The van der Waals surface area contributed by atoms with Gasteiger partial charge in [-0.3, -0.25) is 0 Å². The van der Waals surface area contributed by atoms with Gasteiger partial charge in [0.05, 0.1) is 10.7 Å². The Morgan fingerprint density at radius 1 is 1.50 bits per heavy atom. The second kappa shape index (κ2) is 4.98. The highest BCUT2D eigenvalue weighted by atomic mass is 35.5. The van der Waals surface area contributed by atoms with E-state index >= 15 is 0 Å². The van der Waals surface area contributed by atoms with Crippen LogP contribution in [0.3, 0.4) is 0 Å². The van der Waals surface area contributed by atoms with E-state index in [1.807, 2.05) is 0 Å². The number of hydrogen-bond acceptors (Lipinski definition) is 2. The summed E-state index contributed by atoms with van der Waals surface area (Å²) in [5, 5.41) is 8.74. The molecule has 76 valence electrons. The Kier molecular flexibility index (Phi) is 3.92. The molecule has 3 N–H and O–H groups in total. The van der Waals surface area contributed by atoms with E-state index in [0.29, 0.717) is 17.7 Å². The number of aliphatic hydroxyl groups is 1. The summed E-state index contributed by atoms with van der Waals surface area (Å²) in [6, 6.07) is 2.47. The molecule has 0 radical (unpaired) electrons. The van der Waals surface area contributed by atoms with Crippen LogP contribution in [0.2, 0.25) is 5.02 Å². The van der Waals surface area contributed by atoms with Gasteiger partial charge in [-0.05, 0) is 18.6 Å². The van der Waals surface area contributed by atoms with Gasteiger partial charge in [0.15, 0.2) is 0 Å². The van der Waals surface area contributed by atoms with E-state index in [9.17, 15) is 4.39 Å². The van der Waals surface area contributed by atoms with E-state index in [1.54, 1.807) is 12.2 Å². The van der Waals surface area contributed by atoms with Crippen LogP contribution >= 0.6 is 11.6 Å². The molecule has 1 aromatic rings. The average molecular weight is 216 g/mol. The van der Waals surface area contributed by atoms with Crippen LogP contribution in [-0.2, 0) is 0 Å². The van der Waals surface area contributed by atoms with E-state index in [1.165, 1.54) is 12.1 Å². The fourth-order valence-electron chi connectivity index (χ4n) is 1.03. The molecule has 0 spiro atoms. The van der Waals surface area contributed by atoms with E-state index in [0.717, 1.165) is 0 Å². The fourth-order valence-corrected chi connectivity index (χ4v) is 1.24. The molecule has 1 rings (SSSR count). The molecule has 0 heterocycles. The van der Waals surface area contributed by atoms with Gasteiger partial charge in [-0.2, -0.15) is 0 Å². The van der Waals surface area contributed by atoms with Crippen molar-refractivity contribution in [1.29, 1.82) is 0 Å². The SMILES string of the molecule is Nc1c(Cl)cc(F)cc1C=CCCO. The summed E-state index contributed by atoms with van der Waals surface area (Å²) in [5.41, 5.74) is 6.50. The smallest absolute Gasteiger partial charge is 0.125 e. The van der Waals surface area contributed by atoms with Crippen LogP contribution in [0.25, 0.3) is 6.08 Å². The van der Waals surface area contributed by atoms with E-state index < -0.39 is 5.82 Å². The monoisotopic (exact) mass is 215 g/mol. The summed E-state index contributed by atoms with van der Waals surface area (Å²) in [4.78, 5) is 0. The molecule has 14 heavy (non-hydrogen) atoms. The Bertz CT molecular complexity index is 352. The summed E-state index contributed by atoms with van der Waals surface area (Å²) in [5.74, 6) is -0.423. The van der Waals surface area contributed by atoms with Crippen molar-refractivity contribution in [3.8, 4) is 0 Å². The summed E-state index contributed by atoms with van der Waals surface area (Å²) >= 11 is 5.68. The van der Waals surface area contributed by atoms with Gasteiger partial charge in [-0.1, -0.05) is 23.8 Å². The zero-order valence-corrected chi connectivity index (χ0v) is 8.26. The summed E-state index contributed by atoms with van der Waals surface area (Å²) in [6.45, 7) is 0.0550. The van der Waals surface area contributed by atoms with Gasteiger partial charge in [-0.25, -0.2) is 4.39 Å². The van der Waals surface area contributed by atoms with Crippen molar-refractivity contribution in [1.82, 2.24) is 0 Å². The highest BCUT2D eigenvalue weighted by Gasteiger charge is 2.03. The minimum absolute atomic E-state index is 0.0550. The Morgan fingerprint density at radius 2 is 2.21 bits per heavy atom. The Labute approximate surface area is 86.8 Å². The van der Waals surface area contributed by atoms with Gasteiger partial charge < -0.3 is 10.8 Å². The minimum atomic E-state index is -0.423. The van der Waals surface area contributed by atoms with E-state index in [-0.39, 0.29) is 11.6 Å². The maximum atomic E-state index is 12.9. The molecule has 0 saturated carbocycles. The number of nitrogen functional groups attached to an aromatic ring is 1. The number of halogens is 2. The molecule has 0 aromatic heterocycles. The lowest BCUT2D eigenvalue weighted by Gasteiger charge is -2.02. The molecule has 0 saturated heterocycles. The lowest BCUT2D eigenvalue weighted by Crippen LogP contribution is -1.92. The van der Waals surface area contributed by atoms with Crippen LogP contribution < -0.4 is 5.73 Å². The summed E-state index contributed by atoms with van der Waals surface area (Å²) in [7, 11) is 0. The van der Waals surface area contributed by atoms with Crippen LogP contribution in [0.15, 0.2) is 18.2 Å². The van der Waals surface area contributed by atoms with Crippen molar-refractivity contribution in [3.63, 3.8) is 0 Å². The predicted molar refractivity (Wildman–Crippen MR) is 56.6 cm³/mol. The Morgan fingerprint density at radius 3 is 2.86 bits per heavy atom. The highest BCUT2D eigenvalue weighted by Crippen LogP contribution is 2.25. The zero-order valence-electron chi connectivity index (χ0n) is 7.50. The van der Waals surface area contributed by atoms with Crippen molar-refractivity contribution >= 4 is 23.4 Å². The van der Waals surface area contributed by atoms with Gasteiger partial charge in [-0.15, -0.1) is 0 Å². The van der Waals surface area contributed by atoms with E-state index in [2.05, 4.69) is 0 Å². The normalized spacial score (nSPS) is 11.1. The fraction of sp³-hybridized carbons (Fsp3) is 0.200. The number of aliphatic hydroxyl groups excluding tert-OH is 1. The standard InChI is InChI=1S/C10H11ClFNO/c11-9-6-8(12)5-7(10(9)13)3-1-2-4-14/h1,3,5-6,14H,2,4,13H2. The lowest BCUT2D eigenvalue weighted by molar-refractivity contribution is 0.303. The maximum absolute atomic E-state index is 12.9. The molecule has 0 atom stereocenters. The quantitative estimate of drug-likeness (QED) is 0.761. The second-order valence-electron chi connectivity index (χ2n) is 2.81. The molecule has 0 amide bonds. The largest absolute Gasteiger partial charge is 0.397 e. The minimum Gasteiger partial charge on any atom is -0.397 e. The van der Waals surface area contributed by atoms with Crippen LogP contribution in [0, 0.1) is 5.82 Å². The molecule has 1 aromatic carbocycles. The highest BCUT2D eigenvalue weighted by molar-refractivity contribution is 6.33. The molecule has 0 aliphatic heterocycles. The van der Waals surface area contributed by atoms with Gasteiger partial charge in [0.25, 0.3) is 0 Å². The molecule has 0 aliphatic carbocycles. The molecular weight excluding hydrogens is 205 g/mol. The maximum Gasteiger partial charge on any atom is 0.125 e. The van der Waals surface area contributed by atoms with Gasteiger partial charge >= 0.3 is 0 Å². The Balaban J connectivity index is 2.96. The van der Waals surface area contributed by atoms with Crippen LogP contribution in [-0.4, -0.2) is 11.7 Å². The first-order valence-electron chi connectivity index (χ1n) is 4.17. The number of hydrogen-bond donors (Lipinski definition) is 2. The van der Waals surface area contributed by atoms with Crippen LogP contribution in [0.1, 0.15) is 12.0 Å². The first-order valence-corrected chi connectivity index (χ1v) is 4.55. The predicted octanol–water partition coefficient (Wildman–Crippen LogP) is 2.46. The third-order valence-corrected chi connectivity index (χ3v) is 2.03. The number of nitrogens with two attached hydrogens (primary N) is 1. The molecule has 0 unspecified atom stereocenters. The zero-order chi connectivity index (χ0) is 10.6. The Hall–Kier alpha value is -1.06. The van der Waals surface area contributed by atoms with Crippen LogP contribution in [0.5, 0.6) is 0 Å². The summed E-state index contributed by atoms with van der Waals surface area (Å²) < 4.78 is 12.9. The molecular formula is C10H11ClFNO. The molecule has 4 heteroatoms. The van der Waals surface area contributed by atoms with E-state index in [4.69, 9.17) is 22.4 Å². The molecule has 0 aliphatic rings. The molecule has 2 nitrogen and oxygen atoms in total. The summed E-state index contributed by atoms with van der Waals surface area (Å²) in [6.07, 6.45) is 3.86. The van der Waals surface area contributed by atoms with Crippen LogP contribution in [0.4, 0.5) is 10.1 Å². The van der Waals surface area contributed by atoms with Crippen molar-refractivity contribution in [2.45, 2.75) is 6.42 Å². The second-order valence-corrected chi connectivity index (χ2v) is 3.21. The number of benzene rings is 1. The first kappa shape index (κ1) is 11.0. The van der Waals surface area contributed by atoms with Crippen molar-refractivity contribution in [2.24, 2.45) is 0 Å². The lowest BCUT2D eigenvalue weighted by atomic mass is 10.1. The number of anilines is 1. The average Bonchev–Trinajstić information content (AvgIpc) is 2.13. The van der Waals surface area contributed by atoms with Gasteiger partial charge in [0, 0.05) is 12.2 Å². The van der Waals surface area contributed by atoms with Gasteiger partial charge in [0.1, 0.15) is 5.82 Å². The third kappa shape index (κ3) is 2.72. The first-order chi connectivity index (χ1) is 6.65. The van der Waals surface area contributed by atoms with Crippen molar-refractivity contribution in [3.05, 3.63) is 34.6 Å². The molecule has 0 bridgehead atoms. The molecule has 0 fully saturated rings. The van der Waals surface area contributed by atoms with Crippen molar-refractivity contribution < 1.29 is 9.50 Å². The van der Waals surface area contributed by atoms with Gasteiger partial charge in [0.2, 0.25) is 0 Å². The topological polar surface area (TPSA) is 46.2 Å².